The molecule has 0 saturated carbocycles. The number of rotatable bonds is 15. The lowest BCUT2D eigenvalue weighted by atomic mass is 9.70. The SMILES string of the molecule is C=CCCC(=O)OC[C@H](NC(=O)[C@@H]1[C@H]2O[C@@]3(CC2Br)[C@H](C(=O)N(CC=C)c2c(C)cccc2C)N(CCCO)C(=O)[C@@H]13)c1ccccc1. The summed E-state index contributed by atoms with van der Waals surface area (Å²) in [4.78, 5) is 58.8. The molecule has 3 aliphatic heterocycles. The van der Waals surface area contributed by atoms with Crippen molar-refractivity contribution in [2.75, 3.05) is 31.2 Å². The summed E-state index contributed by atoms with van der Waals surface area (Å²) in [6.07, 6.45) is 3.87. The number of likely N-dealkylation sites (tertiary alicyclic amines) is 1. The molecule has 3 amide bonds. The second-order valence-electron chi connectivity index (χ2n) is 12.7. The fourth-order valence-corrected chi connectivity index (χ4v) is 8.58. The zero-order valence-corrected chi connectivity index (χ0v) is 29.1. The number of benzene rings is 2. The van der Waals surface area contributed by atoms with Gasteiger partial charge in [0, 0.05) is 36.6 Å². The van der Waals surface area contributed by atoms with Gasteiger partial charge in [0.1, 0.15) is 18.2 Å². The van der Waals surface area contributed by atoms with Crippen LogP contribution in [0.3, 0.4) is 0 Å². The molecule has 256 valence electrons. The molecule has 3 heterocycles. The van der Waals surface area contributed by atoms with Gasteiger partial charge in [-0.3, -0.25) is 19.2 Å². The van der Waals surface area contributed by atoms with E-state index in [1.54, 1.807) is 17.1 Å². The van der Waals surface area contributed by atoms with E-state index >= 15 is 0 Å². The average Bonchev–Trinajstić information content (AvgIpc) is 3.67. The number of halogens is 1. The molecule has 0 aliphatic carbocycles. The Bertz CT molecular complexity index is 1530. The fourth-order valence-electron chi connectivity index (χ4n) is 7.63. The lowest BCUT2D eigenvalue weighted by Crippen LogP contribution is -2.57. The number of aryl methyl sites for hydroxylation is 2. The van der Waals surface area contributed by atoms with Crippen LogP contribution in [0.2, 0.25) is 0 Å². The smallest absolute Gasteiger partial charge is 0.306 e. The number of aliphatic hydroxyl groups excluding tert-OH is 1. The van der Waals surface area contributed by atoms with Gasteiger partial charge in [-0.2, -0.15) is 0 Å². The van der Waals surface area contributed by atoms with Crippen molar-refractivity contribution in [1.82, 2.24) is 10.2 Å². The highest BCUT2D eigenvalue weighted by molar-refractivity contribution is 9.09. The van der Waals surface area contributed by atoms with Gasteiger partial charge in [-0.15, -0.1) is 13.2 Å². The van der Waals surface area contributed by atoms with Gasteiger partial charge in [0.05, 0.1) is 24.0 Å². The summed E-state index contributed by atoms with van der Waals surface area (Å²) in [6.45, 7) is 11.5. The Kier molecular flexibility index (Phi) is 11.2. The highest BCUT2D eigenvalue weighted by Crippen LogP contribution is 2.60. The van der Waals surface area contributed by atoms with E-state index in [4.69, 9.17) is 9.47 Å². The number of ether oxygens (including phenoxy) is 2. The molecule has 2 N–H and O–H groups in total. The Morgan fingerprint density at radius 1 is 1.15 bits per heavy atom. The van der Waals surface area contributed by atoms with Crippen molar-refractivity contribution in [2.24, 2.45) is 11.8 Å². The van der Waals surface area contributed by atoms with Gasteiger partial charge >= 0.3 is 5.97 Å². The Morgan fingerprint density at radius 3 is 2.50 bits per heavy atom. The van der Waals surface area contributed by atoms with Crippen molar-refractivity contribution in [1.29, 1.82) is 0 Å². The number of nitrogens with one attached hydrogen (secondary N) is 1. The number of fused-ring (bicyclic) bond motifs is 1. The van der Waals surface area contributed by atoms with E-state index in [0.717, 1.165) is 22.4 Å². The van der Waals surface area contributed by atoms with Crippen molar-refractivity contribution in [2.45, 2.75) is 68.1 Å². The second kappa shape index (κ2) is 15.2. The Balaban J connectivity index is 1.49. The first-order chi connectivity index (χ1) is 23.1. The van der Waals surface area contributed by atoms with Crippen LogP contribution >= 0.6 is 15.9 Å². The molecule has 48 heavy (non-hydrogen) atoms. The molecule has 1 unspecified atom stereocenters. The van der Waals surface area contributed by atoms with Gasteiger partial charge < -0.3 is 29.7 Å². The second-order valence-corrected chi connectivity index (χ2v) is 13.9. The largest absolute Gasteiger partial charge is 0.463 e. The molecule has 3 saturated heterocycles. The number of carbonyl (C=O) groups is 4. The zero-order valence-electron chi connectivity index (χ0n) is 27.5. The van der Waals surface area contributed by atoms with Gasteiger partial charge in [-0.25, -0.2) is 0 Å². The first-order valence-corrected chi connectivity index (χ1v) is 17.3. The first kappa shape index (κ1) is 35.5. The van der Waals surface area contributed by atoms with Gasteiger partial charge in [0.15, 0.2) is 0 Å². The van der Waals surface area contributed by atoms with Crippen LogP contribution in [0.25, 0.3) is 0 Å². The number of alkyl halides is 1. The minimum Gasteiger partial charge on any atom is -0.463 e. The topological polar surface area (TPSA) is 125 Å². The van der Waals surface area contributed by atoms with Crippen LogP contribution in [-0.4, -0.2) is 82.6 Å². The molecule has 10 nitrogen and oxygen atoms in total. The summed E-state index contributed by atoms with van der Waals surface area (Å²) in [5, 5.41) is 12.8. The molecular formula is C37H44BrN3O7. The van der Waals surface area contributed by atoms with E-state index in [9.17, 15) is 24.3 Å². The van der Waals surface area contributed by atoms with Crippen LogP contribution in [0.5, 0.6) is 0 Å². The molecule has 3 fully saturated rings. The number of allylic oxidation sites excluding steroid dienone is 1. The van der Waals surface area contributed by atoms with Crippen LogP contribution in [0, 0.1) is 25.7 Å². The van der Waals surface area contributed by atoms with Crippen molar-refractivity contribution in [3.8, 4) is 0 Å². The van der Waals surface area contributed by atoms with E-state index in [2.05, 4.69) is 34.4 Å². The van der Waals surface area contributed by atoms with Crippen molar-refractivity contribution in [3.63, 3.8) is 0 Å². The van der Waals surface area contributed by atoms with Gasteiger partial charge in [0.2, 0.25) is 11.8 Å². The summed E-state index contributed by atoms with van der Waals surface area (Å²) < 4.78 is 12.2. The molecule has 3 aliphatic rings. The maximum absolute atomic E-state index is 14.8. The maximum atomic E-state index is 14.8. The number of hydrogen-bond acceptors (Lipinski definition) is 7. The van der Waals surface area contributed by atoms with Gasteiger partial charge in [-0.1, -0.05) is 76.6 Å². The monoisotopic (exact) mass is 721 g/mol. The van der Waals surface area contributed by atoms with Crippen LogP contribution < -0.4 is 10.2 Å². The van der Waals surface area contributed by atoms with E-state index in [-0.39, 0.29) is 55.8 Å². The lowest BCUT2D eigenvalue weighted by molar-refractivity contribution is -0.145. The van der Waals surface area contributed by atoms with Crippen LogP contribution in [-0.2, 0) is 28.7 Å². The molecule has 2 bridgehead atoms. The van der Waals surface area contributed by atoms with Crippen LogP contribution in [0.1, 0.15) is 48.4 Å². The molecule has 11 heteroatoms. The predicted molar refractivity (Wildman–Crippen MR) is 185 cm³/mol. The Morgan fingerprint density at radius 2 is 1.85 bits per heavy atom. The zero-order chi connectivity index (χ0) is 34.6. The summed E-state index contributed by atoms with van der Waals surface area (Å²) in [7, 11) is 0. The highest BCUT2D eigenvalue weighted by Gasteiger charge is 2.76. The van der Waals surface area contributed by atoms with Crippen molar-refractivity contribution in [3.05, 3.63) is 90.5 Å². The third-order valence-corrected chi connectivity index (χ3v) is 10.5. The van der Waals surface area contributed by atoms with E-state index in [1.165, 1.54) is 4.90 Å². The third-order valence-electron chi connectivity index (χ3n) is 9.65. The van der Waals surface area contributed by atoms with Crippen LogP contribution in [0.15, 0.2) is 73.8 Å². The van der Waals surface area contributed by atoms with Crippen molar-refractivity contribution < 1.29 is 33.8 Å². The Labute approximate surface area is 290 Å². The van der Waals surface area contributed by atoms with E-state index < -0.39 is 47.5 Å². The predicted octanol–water partition coefficient (Wildman–Crippen LogP) is 4.32. The highest BCUT2D eigenvalue weighted by atomic mass is 79.9. The molecule has 1 spiro atoms. The summed E-state index contributed by atoms with van der Waals surface area (Å²) in [5.41, 5.74) is 1.99. The number of anilines is 1. The normalized spacial score (nSPS) is 26.1. The number of esters is 1. The average molecular weight is 723 g/mol. The van der Waals surface area contributed by atoms with Crippen molar-refractivity contribution >= 4 is 45.3 Å². The molecular weight excluding hydrogens is 678 g/mol. The number of aliphatic hydroxyl groups is 1. The van der Waals surface area contributed by atoms with Gasteiger partial charge in [0.25, 0.3) is 5.91 Å². The minimum absolute atomic E-state index is 0.0957. The lowest BCUT2D eigenvalue weighted by Gasteiger charge is -2.38. The Hall–Kier alpha value is -3.80. The molecule has 2 aromatic carbocycles. The van der Waals surface area contributed by atoms with E-state index in [0.29, 0.717) is 12.8 Å². The first-order valence-electron chi connectivity index (χ1n) is 16.4. The number of carbonyl (C=O) groups excluding carboxylic acids is 4. The number of amides is 3. The number of hydrogen-bond donors (Lipinski definition) is 2. The number of nitrogens with zero attached hydrogens (tertiary/aromatic N) is 2. The van der Waals surface area contributed by atoms with E-state index in [1.807, 2.05) is 62.4 Å². The maximum Gasteiger partial charge on any atom is 0.306 e. The molecule has 0 aromatic heterocycles. The number of para-hydroxylation sites is 1. The summed E-state index contributed by atoms with van der Waals surface area (Å²) in [6, 6.07) is 13.3. The molecule has 2 aromatic rings. The molecule has 5 rings (SSSR count). The molecule has 0 radical (unpaired) electrons. The quantitative estimate of drug-likeness (QED) is 0.160. The minimum atomic E-state index is -1.28. The standard InChI is InChI=1S/C37H44BrN3O7/c1-5-7-17-28(43)47-22-27(25-15-9-8-10-16-25)39-34(44)29-30-35(45)41(19-12-20-42)33(37(30)21-26(38)32(29)48-37)36(46)40(18-6-2)31-23(3)13-11-14-24(31)4/h5-6,8-11,13-16,26-27,29-30,32-33,42H,1-2,7,12,17-22H2,3-4H3,(H,39,44)/t26?,27-,29-,30+,32-,33-,37+/m0/s1. The van der Waals surface area contributed by atoms with Gasteiger partial charge in [-0.05, 0) is 49.8 Å². The molecule has 7 atom stereocenters. The summed E-state index contributed by atoms with van der Waals surface area (Å²) >= 11 is 3.73. The third kappa shape index (κ3) is 6.60. The fraction of sp³-hybridized carbons (Fsp3) is 0.459. The van der Waals surface area contributed by atoms with Crippen LogP contribution in [0.4, 0.5) is 5.69 Å². The summed E-state index contributed by atoms with van der Waals surface area (Å²) in [5.74, 6) is -3.35.